The van der Waals surface area contributed by atoms with Gasteiger partial charge in [0.2, 0.25) is 5.82 Å². The Morgan fingerprint density at radius 1 is 1.47 bits per heavy atom. The standard InChI is InChI=1S/C8H7F3N2O4/c1-2-17-6(16)4-3(5(14)15)12-7(13-4)8(9,10)11/h2H2,1H3,(H,12,13)(H,14,15). The molecule has 0 spiro atoms. The number of carboxylic acid groups (broad SMARTS) is 1. The minimum Gasteiger partial charge on any atom is -0.476 e. The van der Waals surface area contributed by atoms with E-state index in [4.69, 9.17) is 5.11 Å². The lowest BCUT2D eigenvalue weighted by atomic mass is 10.3. The van der Waals surface area contributed by atoms with Crippen molar-refractivity contribution in [3.05, 3.63) is 17.2 Å². The van der Waals surface area contributed by atoms with Gasteiger partial charge in [-0.2, -0.15) is 13.2 Å². The first-order valence-corrected chi connectivity index (χ1v) is 4.35. The number of imidazole rings is 1. The Bertz CT molecular complexity index is 452. The Hall–Kier alpha value is -2.06. The van der Waals surface area contributed by atoms with Crippen LogP contribution in [0.2, 0.25) is 0 Å². The molecule has 1 heterocycles. The highest BCUT2D eigenvalue weighted by atomic mass is 19.4. The fourth-order valence-electron chi connectivity index (χ4n) is 1.01. The first kappa shape index (κ1) is 13.0. The summed E-state index contributed by atoms with van der Waals surface area (Å²) in [6, 6.07) is 0. The lowest BCUT2D eigenvalue weighted by molar-refractivity contribution is -0.144. The molecular weight excluding hydrogens is 245 g/mol. The fourth-order valence-corrected chi connectivity index (χ4v) is 1.01. The number of H-pyrrole nitrogens is 1. The van der Waals surface area contributed by atoms with Crippen LogP contribution in [0.4, 0.5) is 13.2 Å². The molecule has 17 heavy (non-hydrogen) atoms. The van der Waals surface area contributed by atoms with Gasteiger partial charge in [-0.3, -0.25) is 0 Å². The van der Waals surface area contributed by atoms with Gasteiger partial charge in [0.15, 0.2) is 11.4 Å². The van der Waals surface area contributed by atoms with Crippen LogP contribution in [0.3, 0.4) is 0 Å². The van der Waals surface area contributed by atoms with Crippen LogP contribution < -0.4 is 0 Å². The summed E-state index contributed by atoms with van der Waals surface area (Å²) in [6.45, 7) is 1.33. The molecule has 0 atom stereocenters. The number of aromatic nitrogens is 2. The number of aromatic amines is 1. The van der Waals surface area contributed by atoms with Gasteiger partial charge in [-0.05, 0) is 6.92 Å². The van der Waals surface area contributed by atoms with Gasteiger partial charge in [0.05, 0.1) is 6.61 Å². The number of esters is 1. The molecule has 0 aliphatic heterocycles. The van der Waals surface area contributed by atoms with Crippen LogP contribution in [-0.4, -0.2) is 33.6 Å². The molecule has 0 radical (unpaired) electrons. The van der Waals surface area contributed by atoms with Gasteiger partial charge in [0.25, 0.3) is 0 Å². The van der Waals surface area contributed by atoms with E-state index >= 15 is 0 Å². The van der Waals surface area contributed by atoms with Crippen molar-refractivity contribution in [1.82, 2.24) is 9.97 Å². The third-order valence-electron chi connectivity index (χ3n) is 1.65. The monoisotopic (exact) mass is 252 g/mol. The second-order valence-corrected chi connectivity index (χ2v) is 2.83. The van der Waals surface area contributed by atoms with Crippen molar-refractivity contribution in [1.29, 1.82) is 0 Å². The van der Waals surface area contributed by atoms with Gasteiger partial charge in [-0.25, -0.2) is 14.6 Å². The molecule has 6 nitrogen and oxygen atoms in total. The number of hydrogen-bond acceptors (Lipinski definition) is 4. The van der Waals surface area contributed by atoms with Crippen LogP contribution in [0.15, 0.2) is 0 Å². The summed E-state index contributed by atoms with van der Waals surface area (Å²) in [5.41, 5.74) is -1.84. The normalized spacial score (nSPS) is 11.3. The molecule has 1 rings (SSSR count). The molecule has 0 unspecified atom stereocenters. The predicted molar refractivity (Wildman–Crippen MR) is 46.5 cm³/mol. The quantitative estimate of drug-likeness (QED) is 0.791. The van der Waals surface area contributed by atoms with Crippen LogP contribution in [0.5, 0.6) is 0 Å². The van der Waals surface area contributed by atoms with Crippen molar-refractivity contribution >= 4 is 11.9 Å². The smallest absolute Gasteiger partial charge is 0.449 e. The van der Waals surface area contributed by atoms with Gasteiger partial charge in [-0.1, -0.05) is 0 Å². The number of carbonyl (C=O) groups excluding carboxylic acids is 1. The number of carboxylic acids is 1. The molecule has 2 N–H and O–H groups in total. The summed E-state index contributed by atoms with van der Waals surface area (Å²) in [6.07, 6.45) is -4.87. The molecule has 0 aliphatic rings. The average molecular weight is 252 g/mol. The first-order chi connectivity index (χ1) is 7.77. The van der Waals surface area contributed by atoms with Crippen molar-refractivity contribution in [2.24, 2.45) is 0 Å². The number of halogens is 3. The van der Waals surface area contributed by atoms with Gasteiger partial charge >= 0.3 is 18.1 Å². The molecule has 0 fully saturated rings. The highest BCUT2D eigenvalue weighted by Gasteiger charge is 2.38. The summed E-state index contributed by atoms with van der Waals surface area (Å²) in [5, 5.41) is 8.60. The fraction of sp³-hybridized carbons (Fsp3) is 0.375. The summed E-state index contributed by atoms with van der Waals surface area (Å²) in [7, 11) is 0. The van der Waals surface area contributed by atoms with E-state index in [0.717, 1.165) is 0 Å². The number of alkyl halides is 3. The Morgan fingerprint density at radius 3 is 2.47 bits per heavy atom. The number of nitrogens with zero attached hydrogens (tertiary/aromatic N) is 1. The molecular formula is C8H7F3N2O4. The number of hydrogen-bond donors (Lipinski definition) is 2. The maximum atomic E-state index is 12.3. The SMILES string of the molecule is CCOC(=O)c1[nH]c(C(F)(F)F)nc1C(=O)O. The minimum absolute atomic E-state index is 0.0989. The summed E-state index contributed by atoms with van der Waals surface area (Å²) in [4.78, 5) is 26.2. The summed E-state index contributed by atoms with van der Waals surface area (Å²) < 4.78 is 41.2. The molecule has 0 aromatic carbocycles. The molecule has 9 heteroatoms. The van der Waals surface area contributed by atoms with E-state index in [2.05, 4.69) is 9.72 Å². The Morgan fingerprint density at radius 2 is 2.06 bits per heavy atom. The van der Waals surface area contributed by atoms with Gasteiger partial charge < -0.3 is 14.8 Å². The number of aromatic carboxylic acids is 1. The largest absolute Gasteiger partial charge is 0.476 e. The molecule has 0 bridgehead atoms. The predicted octanol–water partition coefficient (Wildman–Crippen LogP) is 1.30. The van der Waals surface area contributed by atoms with Crippen molar-refractivity contribution in [3.8, 4) is 0 Å². The van der Waals surface area contributed by atoms with Gasteiger partial charge in [0.1, 0.15) is 0 Å². The van der Waals surface area contributed by atoms with E-state index < -0.39 is 35.3 Å². The van der Waals surface area contributed by atoms with Crippen LogP contribution >= 0.6 is 0 Å². The highest BCUT2D eigenvalue weighted by Crippen LogP contribution is 2.27. The molecule has 1 aromatic heterocycles. The second kappa shape index (κ2) is 4.44. The van der Waals surface area contributed by atoms with Crippen molar-refractivity contribution in [2.75, 3.05) is 6.61 Å². The topological polar surface area (TPSA) is 92.3 Å². The number of carbonyl (C=O) groups is 2. The Balaban J connectivity index is 3.24. The van der Waals surface area contributed by atoms with Crippen molar-refractivity contribution in [2.45, 2.75) is 13.1 Å². The Kier molecular flexibility index (Phi) is 3.39. The maximum Gasteiger partial charge on any atom is 0.449 e. The number of rotatable bonds is 3. The lowest BCUT2D eigenvalue weighted by Gasteiger charge is -2.00. The van der Waals surface area contributed by atoms with E-state index in [-0.39, 0.29) is 6.61 Å². The van der Waals surface area contributed by atoms with Gasteiger partial charge in [-0.15, -0.1) is 0 Å². The Labute approximate surface area is 92.4 Å². The molecule has 0 aliphatic carbocycles. The third-order valence-corrected chi connectivity index (χ3v) is 1.65. The van der Waals surface area contributed by atoms with E-state index in [1.54, 1.807) is 4.98 Å². The molecule has 0 saturated heterocycles. The molecule has 0 amide bonds. The van der Waals surface area contributed by atoms with Crippen molar-refractivity contribution in [3.63, 3.8) is 0 Å². The highest BCUT2D eigenvalue weighted by molar-refractivity contribution is 5.99. The zero-order valence-corrected chi connectivity index (χ0v) is 8.46. The van der Waals surface area contributed by atoms with E-state index in [0.29, 0.717) is 0 Å². The summed E-state index contributed by atoms with van der Waals surface area (Å²) in [5.74, 6) is -4.51. The third kappa shape index (κ3) is 2.74. The zero-order valence-electron chi connectivity index (χ0n) is 8.46. The van der Waals surface area contributed by atoms with Crippen molar-refractivity contribution < 1.29 is 32.6 Å². The zero-order chi connectivity index (χ0) is 13.2. The van der Waals surface area contributed by atoms with Crippen LogP contribution in [0.1, 0.15) is 33.7 Å². The van der Waals surface area contributed by atoms with Gasteiger partial charge in [0, 0.05) is 0 Å². The van der Waals surface area contributed by atoms with Crippen LogP contribution in [0.25, 0.3) is 0 Å². The van der Waals surface area contributed by atoms with Crippen LogP contribution in [-0.2, 0) is 10.9 Å². The number of nitrogens with one attached hydrogen (secondary N) is 1. The summed E-state index contributed by atoms with van der Waals surface area (Å²) >= 11 is 0. The number of ether oxygens (including phenoxy) is 1. The maximum absolute atomic E-state index is 12.3. The van der Waals surface area contributed by atoms with E-state index in [9.17, 15) is 22.8 Å². The van der Waals surface area contributed by atoms with E-state index in [1.807, 2.05) is 0 Å². The van der Waals surface area contributed by atoms with Crippen LogP contribution in [0, 0.1) is 0 Å². The lowest BCUT2D eigenvalue weighted by Crippen LogP contribution is -2.11. The molecule has 0 saturated carbocycles. The minimum atomic E-state index is -4.87. The second-order valence-electron chi connectivity index (χ2n) is 2.83. The average Bonchev–Trinajstić information content (AvgIpc) is 2.61. The first-order valence-electron chi connectivity index (χ1n) is 4.35. The van der Waals surface area contributed by atoms with E-state index in [1.165, 1.54) is 6.92 Å². The molecule has 94 valence electrons. The molecule has 1 aromatic rings.